The molecule has 2 aromatic rings. The largest absolute Gasteiger partial charge is 0.332 e. The second-order valence-corrected chi connectivity index (χ2v) is 7.63. The van der Waals surface area contributed by atoms with Crippen LogP contribution in [0.15, 0.2) is 12.4 Å². The topological polar surface area (TPSA) is 98.0 Å². The summed E-state index contributed by atoms with van der Waals surface area (Å²) >= 11 is 0. The van der Waals surface area contributed by atoms with Crippen molar-refractivity contribution in [1.29, 1.82) is 0 Å². The Morgan fingerprint density at radius 2 is 1.27 bits per heavy atom. The maximum atomic E-state index is 13.2. The molecule has 0 saturated heterocycles. The molecule has 8 heteroatoms. The number of carbonyl (C=O) groups excluding carboxylic acids is 2. The summed E-state index contributed by atoms with van der Waals surface area (Å²) in [4.78, 5) is 30.1. The Kier molecular flexibility index (Phi) is 3.58. The van der Waals surface area contributed by atoms with Crippen LogP contribution >= 0.6 is 0 Å². The van der Waals surface area contributed by atoms with E-state index in [-0.39, 0.29) is 23.7 Å². The summed E-state index contributed by atoms with van der Waals surface area (Å²) in [6.07, 6.45) is 7.22. The fourth-order valence-corrected chi connectivity index (χ4v) is 4.63. The summed E-state index contributed by atoms with van der Waals surface area (Å²) in [5.74, 6) is -0.172. The third-order valence-electron chi connectivity index (χ3n) is 6.06. The molecular formula is C18H22N6O2. The molecule has 1 saturated carbocycles. The number of rotatable bonds is 2. The summed E-state index contributed by atoms with van der Waals surface area (Å²) in [6.45, 7) is 2.35. The number of fused-ring (bicyclic) bond motifs is 2. The highest BCUT2D eigenvalue weighted by molar-refractivity contribution is 5.88. The Bertz CT molecular complexity index is 744. The predicted molar refractivity (Wildman–Crippen MR) is 91.1 cm³/mol. The number of H-pyrrole nitrogens is 2. The van der Waals surface area contributed by atoms with E-state index in [1.807, 2.05) is 9.80 Å². The van der Waals surface area contributed by atoms with Gasteiger partial charge < -0.3 is 9.80 Å². The van der Waals surface area contributed by atoms with E-state index in [2.05, 4.69) is 20.4 Å². The van der Waals surface area contributed by atoms with Gasteiger partial charge in [0.15, 0.2) is 0 Å². The van der Waals surface area contributed by atoms with Crippen LogP contribution in [0, 0.1) is 11.8 Å². The monoisotopic (exact) mass is 354 g/mol. The van der Waals surface area contributed by atoms with Gasteiger partial charge in [-0.05, 0) is 12.8 Å². The maximum Gasteiger partial charge on any atom is 0.227 e. The molecule has 4 heterocycles. The van der Waals surface area contributed by atoms with Crippen LogP contribution in [0.1, 0.15) is 48.2 Å². The van der Waals surface area contributed by atoms with Crippen LogP contribution in [0.4, 0.5) is 0 Å². The zero-order valence-corrected chi connectivity index (χ0v) is 14.6. The Morgan fingerprint density at radius 1 is 0.808 bits per heavy atom. The minimum Gasteiger partial charge on any atom is -0.332 e. The molecule has 1 fully saturated rings. The lowest BCUT2D eigenvalue weighted by Crippen LogP contribution is -2.44. The minimum atomic E-state index is -0.203. The summed E-state index contributed by atoms with van der Waals surface area (Å²) in [5, 5.41) is 14.0. The molecular weight excluding hydrogens is 332 g/mol. The van der Waals surface area contributed by atoms with Crippen LogP contribution in [0.3, 0.4) is 0 Å². The van der Waals surface area contributed by atoms with Crippen LogP contribution in [-0.2, 0) is 35.8 Å². The van der Waals surface area contributed by atoms with E-state index in [0.717, 1.165) is 48.2 Å². The van der Waals surface area contributed by atoms with Gasteiger partial charge in [-0.2, -0.15) is 10.2 Å². The number of nitrogens with one attached hydrogen (secondary N) is 2. The molecule has 0 radical (unpaired) electrons. The summed E-state index contributed by atoms with van der Waals surface area (Å²) < 4.78 is 0. The number of carbonyl (C=O) groups is 2. The number of aromatic nitrogens is 4. The van der Waals surface area contributed by atoms with Gasteiger partial charge in [-0.1, -0.05) is 12.8 Å². The lowest BCUT2D eigenvalue weighted by molar-refractivity contribution is -0.149. The fraction of sp³-hybridized carbons (Fsp3) is 0.556. The minimum absolute atomic E-state index is 0.118. The lowest BCUT2D eigenvalue weighted by Gasteiger charge is -2.34. The smallest absolute Gasteiger partial charge is 0.227 e. The second kappa shape index (κ2) is 5.96. The summed E-state index contributed by atoms with van der Waals surface area (Å²) in [6, 6.07) is 0. The van der Waals surface area contributed by atoms with Gasteiger partial charge in [0.1, 0.15) is 0 Å². The third kappa shape index (κ3) is 2.43. The summed E-state index contributed by atoms with van der Waals surface area (Å²) in [5.41, 5.74) is 4.20. The highest BCUT2D eigenvalue weighted by Crippen LogP contribution is 2.36. The molecule has 2 aliphatic heterocycles. The second-order valence-electron chi connectivity index (χ2n) is 7.63. The van der Waals surface area contributed by atoms with Crippen molar-refractivity contribution in [3.63, 3.8) is 0 Å². The quantitative estimate of drug-likeness (QED) is 0.850. The third-order valence-corrected chi connectivity index (χ3v) is 6.06. The van der Waals surface area contributed by atoms with E-state index >= 15 is 0 Å². The number of amides is 2. The highest BCUT2D eigenvalue weighted by atomic mass is 16.2. The number of aromatic amines is 2. The molecule has 0 spiro atoms. The van der Waals surface area contributed by atoms with E-state index in [4.69, 9.17) is 0 Å². The van der Waals surface area contributed by atoms with Crippen LogP contribution in [0.2, 0.25) is 0 Å². The molecule has 2 amide bonds. The van der Waals surface area contributed by atoms with Crippen LogP contribution in [0.25, 0.3) is 0 Å². The van der Waals surface area contributed by atoms with Crippen LogP contribution in [0.5, 0.6) is 0 Å². The molecule has 0 unspecified atom stereocenters. The van der Waals surface area contributed by atoms with Crippen molar-refractivity contribution in [3.05, 3.63) is 34.9 Å². The Labute approximate surface area is 150 Å². The van der Waals surface area contributed by atoms with Gasteiger partial charge in [-0.25, -0.2) is 0 Å². The number of hydrogen-bond donors (Lipinski definition) is 2. The van der Waals surface area contributed by atoms with Crippen molar-refractivity contribution < 1.29 is 9.59 Å². The van der Waals surface area contributed by atoms with Gasteiger partial charge in [0.05, 0.1) is 36.9 Å². The van der Waals surface area contributed by atoms with Crippen molar-refractivity contribution in [2.75, 3.05) is 0 Å². The van der Waals surface area contributed by atoms with E-state index < -0.39 is 0 Å². The van der Waals surface area contributed by atoms with Crippen molar-refractivity contribution in [1.82, 2.24) is 30.2 Å². The molecule has 2 aromatic heterocycles. The van der Waals surface area contributed by atoms with Gasteiger partial charge in [-0.3, -0.25) is 19.8 Å². The highest BCUT2D eigenvalue weighted by Gasteiger charge is 2.42. The SMILES string of the molecule is O=C([C@@H]1CCCC[C@H]1C(=O)N1Cc2cn[nH]c2C1)N1Cc2cn[nH]c2C1. The van der Waals surface area contributed by atoms with E-state index in [0.29, 0.717) is 26.2 Å². The zero-order valence-electron chi connectivity index (χ0n) is 14.6. The summed E-state index contributed by atoms with van der Waals surface area (Å²) in [7, 11) is 0. The van der Waals surface area contributed by atoms with Crippen molar-refractivity contribution in [2.24, 2.45) is 11.8 Å². The number of hydrogen-bond acceptors (Lipinski definition) is 4. The Morgan fingerprint density at radius 3 is 1.69 bits per heavy atom. The Hall–Kier alpha value is -2.64. The predicted octanol–water partition coefficient (Wildman–Crippen LogP) is 1.32. The lowest BCUT2D eigenvalue weighted by atomic mass is 9.77. The fourth-order valence-electron chi connectivity index (χ4n) is 4.63. The van der Waals surface area contributed by atoms with Crippen molar-refractivity contribution in [3.8, 4) is 0 Å². The first-order valence-corrected chi connectivity index (χ1v) is 9.30. The van der Waals surface area contributed by atoms with Gasteiger partial charge in [0.25, 0.3) is 0 Å². The number of nitrogens with zero attached hydrogens (tertiary/aromatic N) is 4. The van der Waals surface area contributed by atoms with Gasteiger partial charge in [0.2, 0.25) is 11.8 Å². The van der Waals surface area contributed by atoms with Gasteiger partial charge in [-0.15, -0.1) is 0 Å². The van der Waals surface area contributed by atoms with Crippen LogP contribution in [-0.4, -0.2) is 42.0 Å². The zero-order chi connectivity index (χ0) is 17.7. The van der Waals surface area contributed by atoms with Crippen LogP contribution < -0.4 is 0 Å². The molecule has 3 aliphatic rings. The molecule has 5 rings (SSSR count). The van der Waals surface area contributed by atoms with Crippen molar-refractivity contribution in [2.45, 2.75) is 51.9 Å². The standard InChI is InChI=1S/C18H22N6O2/c25-17(23-7-11-5-19-21-15(11)9-23)13-3-1-2-4-14(13)18(26)24-8-12-6-20-22-16(12)10-24/h5-6,13-14H,1-4,7-10H2,(H,19,21)(H,20,22)/t13-,14-/m1/s1. The first-order chi connectivity index (χ1) is 12.7. The normalized spacial score (nSPS) is 24.6. The first-order valence-electron chi connectivity index (χ1n) is 9.30. The molecule has 136 valence electrons. The Balaban J connectivity index is 1.31. The molecule has 1 aliphatic carbocycles. The van der Waals surface area contributed by atoms with Crippen molar-refractivity contribution >= 4 is 11.8 Å². The molecule has 8 nitrogen and oxygen atoms in total. The molecule has 2 N–H and O–H groups in total. The van der Waals surface area contributed by atoms with Gasteiger partial charge >= 0.3 is 0 Å². The average molecular weight is 354 g/mol. The molecule has 0 aromatic carbocycles. The van der Waals surface area contributed by atoms with E-state index in [1.54, 1.807) is 12.4 Å². The molecule has 0 bridgehead atoms. The maximum absolute atomic E-state index is 13.2. The van der Waals surface area contributed by atoms with E-state index in [1.165, 1.54) is 0 Å². The molecule has 2 atom stereocenters. The first kappa shape index (κ1) is 15.6. The average Bonchev–Trinajstić information content (AvgIpc) is 3.39. The molecule has 26 heavy (non-hydrogen) atoms. The van der Waals surface area contributed by atoms with Gasteiger partial charge in [0, 0.05) is 36.1 Å². The van der Waals surface area contributed by atoms with E-state index in [9.17, 15) is 9.59 Å².